The van der Waals surface area contributed by atoms with E-state index in [-0.39, 0.29) is 17.6 Å². The second kappa shape index (κ2) is 6.55. The highest BCUT2D eigenvalue weighted by molar-refractivity contribution is 6.31. The molecule has 1 aromatic rings. The zero-order valence-electron chi connectivity index (χ0n) is 12.0. The Kier molecular flexibility index (Phi) is 5.64. The van der Waals surface area contributed by atoms with Gasteiger partial charge in [0.25, 0.3) is 0 Å². The quantitative estimate of drug-likeness (QED) is 0.871. The van der Waals surface area contributed by atoms with Crippen molar-refractivity contribution in [3.8, 4) is 0 Å². The predicted octanol–water partition coefficient (Wildman–Crippen LogP) is 4.05. The van der Waals surface area contributed by atoms with E-state index in [1.54, 1.807) is 7.11 Å². The van der Waals surface area contributed by atoms with Crippen LogP contribution in [0.2, 0.25) is 5.02 Å². The van der Waals surface area contributed by atoms with Gasteiger partial charge in [0.2, 0.25) is 0 Å². The fourth-order valence-corrected chi connectivity index (χ4v) is 2.57. The van der Waals surface area contributed by atoms with Crippen LogP contribution in [0, 0.1) is 5.41 Å². The number of ether oxygens (including phenoxy) is 1. The molecule has 0 aliphatic heterocycles. The number of rotatable bonds is 5. The van der Waals surface area contributed by atoms with Gasteiger partial charge in [0.1, 0.15) is 0 Å². The van der Waals surface area contributed by atoms with Crippen LogP contribution in [0.5, 0.6) is 0 Å². The number of halogens is 1. The van der Waals surface area contributed by atoms with Gasteiger partial charge in [0.15, 0.2) is 0 Å². The van der Waals surface area contributed by atoms with Crippen molar-refractivity contribution in [3.63, 3.8) is 0 Å². The molecule has 2 atom stereocenters. The van der Waals surface area contributed by atoms with E-state index in [0.29, 0.717) is 0 Å². The summed E-state index contributed by atoms with van der Waals surface area (Å²) in [6.45, 7) is 9.53. The molecule has 0 amide bonds. The van der Waals surface area contributed by atoms with Gasteiger partial charge in [-0.1, -0.05) is 57.5 Å². The maximum Gasteiger partial charge on any atom is 0.0814 e. The number of benzene rings is 1. The van der Waals surface area contributed by atoms with Crippen molar-refractivity contribution in [2.24, 2.45) is 5.41 Å². The van der Waals surface area contributed by atoms with Crippen molar-refractivity contribution in [3.05, 3.63) is 34.9 Å². The number of methoxy groups -OCH3 is 1. The molecule has 0 fully saturated rings. The van der Waals surface area contributed by atoms with Crippen molar-refractivity contribution >= 4 is 11.6 Å². The van der Waals surface area contributed by atoms with Gasteiger partial charge in [0, 0.05) is 12.1 Å². The molecule has 2 nitrogen and oxygen atoms in total. The molecule has 3 heteroatoms. The minimum Gasteiger partial charge on any atom is -0.379 e. The van der Waals surface area contributed by atoms with E-state index < -0.39 is 0 Å². The monoisotopic (exact) mass is 269 g/mol. The molecule has 0 bridgehead atoms. The van der Waals surface area contributed by atoms with Crippen molar-refractivity contribution in [2.75, 3.05) is 13.7 Å². The number of nitrogens with one attached hydrogen (secondary N) is 1. The van der Waals surface area contributed by atoms with Crippen LogP contribution in [0.25, 0.3) is 0 Å². The molecule has 0 aliphatic carbocycles. The second-order valence-electron chi connectivity index (χ2n) is 5.58. The third-order valence-corrected chi connectivity index (χ3v) is 3.42. The second-order valence-corrected chi connectivity index (χ2v) is 5.99. The van der Waals surface area contributed by atoms with E-state index in [0.717, 1.165) is 17.1 Å². The molecule has 18 heavy (non-hydrogen) atoms. The molecule has 0 aromatic heterocycles. The third kappa shape index (κ3) is 3.71. The summed E-state index contributed by atoms with van der Waals surface area (Å²) in [6, 6.07) is 8.06. The zero-order valence-corrected chi connectivity index (χ0v) is 12.7. The lowest BCUT2D eigenvalue weighted by molar-refractivity contribution is -0.0115. The Morgan fingerprint density at radius 1 is 1.28 bits per heavy atom. The highest BCUT2D eigenvalue weighted by atomic mass is 35.5. The Hall–Kier alpha value is -0.570. The fraction of sp³-hybridized carbons (Fsp3) is 0.600. The van der Waals surface area contributed by atoms with Crippen molar-refractivity contribution in [2.45, 2.75) is 39.8 Å². The van der Waals surface area contributed by atoms with E-state index in [2.05, 4.69) is 39.1 Å². The van der Waals surface area contributed by atoms with Crippen LogP contribution >= 0.6 is 11.6 Å². The van der Waals surface area contributed by atoms with E-state index >= 15 is 0 Å². The Labute approximate surface area is 116 Å². The molecule has 0 radical (unpaired) electrons. The van der Waals surface area contributed by atoms with E-state index in [1.165, 1.54) is 0 Å². The van der Waals surface area contributed by atoms with Crippen LogP contribution in [0.15, 0.2) is 24.3 Å². The summed E-state index contributed by atoms with van der Waals surface area (Å²) >= 11 is 6.31. The average Bonchev–Trinajstić information content (AvgIpc) is 2.28. The van der Waals surface area contributed by atoms with Crippen molar-refractivity contribution in [1.82, 2.24) is 5.32 Å². The van der Waals surface area contributed by atoms with Crippen LogP contribution in [0.3, 0.4) is 0 Å². The van der Waals surface area contributed by atoms with Gasteiger partial charge in [-0.25, -0.2) is 0 Å². The first-order chi connectivity index (χ1) is 8.41. The van der Waals surface area contributed by atoms with Crippen LogP contribution in [-0.4, -0.2) is 19.8 Å². The lowest BCUT2D eigenvalue weighted by Gasteiger charge is -2.37. The lowest BCUT2D eigenvalue weighted by atomic mass is 9.82. The Bertz CT molecular complexity index is 373. The molecule has 0 saturated carbocycles. The smallest absolute Gasteiger partial charge is 0.0814 e. The lowest BCUT2D eigenvalue weighted by Crippen LogP contribution is -2.41. The Morgan fingerprint density at radius 3 is 2.33 bits per heavy atom. The third-order valence-electron chi connectivity index (χ3n) is 3.07. The van der Waals surface area contributed by atoms with E-state index in [1.807, 2.05) is 18.2 Å². The maximum absolute atomic E-state index is 6.31. The number of hydrogen-bond acceptors (Lipinski definition) is 2. The van der Waals surface area contributed by atoms with Gasteiger partial charge in [-0.2, -0.15) is 0 Å². The highest BCUT2D eigenvalue weighted by Gasteiger charge is 2.33. The van der Waals surface area contributed by atoms with Gasteiger partial charge in [-0.3, -0.25) is 0 Å². The van der Waals surface area contributed by atoms with Crippen LogP contribution in [-0.2, 0) is 4.74 Å². The van der Waals surface area contributed by atoms with Crippen molar-refractivity contribution in [1.29, 1.82) is 0 Å². The summed E-state index contributed by atoms with van der Waals surface area (Å²) in [5.41, 5.74) is 1.14. The van der Waals surface area contributed by atoms with Crippen LogP contribution < -0.4 is 5.32 Å². The molecule has 102 valence electrons. The highest BCUT2D eigenvalue weighted by Crippen LogP contribution is 2.35. The molecule has 2 unspecified atom stereocenters. The standard InChI is InChI=1S/C15H24ClNO/c1-6-17-13(14(18-5)15(2,3)4)11-9-7-8-10-12(11)16/h7-10,13-14,17H,6H2,1-5H3. The summed E-state index contributed by atoms with van der Waals surface area (Å²) < 4.78 is 5.72. The first kappa shape index (κ1) is 15.5. The van der Waals surface area contributed by atoms with Gasteiger partial charge >= 0.3 is 0 Å². The molecule has 1 N–H and O–H groups in total. The molecule has 0 aliphatic rings. The first-order valence-corrected chi connectivity index (χ1v) is 6.80. The van der Waals surface area contributed by atoms with Gasteiger partial charge in [-0.15, -0.1) is 0 Å². The summed E-state index contributed by atoms with van der Waals surface area (Å²) in [4.78, 5) is 0. The van der Waals surface area contributed by atoms with E-state index in [4.69, 9.17) is 16.3 Å². The van der Waals surface area contributed by atoms with Gasteiger partial charge in [0.05, 0.1) is 12.1 Å². The largest absolute Gasteiger partial charge is 0.379 e. The SMILES string of the molecule is CCNC(c1ccccc1Cl)C(OC)C(C)(C)C. The topological polar surface area (TPSA) is 21.3 Å². The van der Waals surface area contributed by atoms with Gasteiger partial charge in [-0.05, 0) is 23.6 Å². The normalized spacial score (nSPS) is 15.4. The number of hydrogen-bond donors (Lipinski definition) is 1. The molecule has 0 heterocycles. The molecule has 1 rings (SSSR count). The first-order valence-electron chi connectivity index (χ1n) is 6.42. The molecule has 1 aromatic carbocycles. The Balaban J connectivity index is 3.13. The number of likely N-dealkylation sites (N-methyl/N-ethyl adjacent to an activating group) is 1. The Morgan fingerprint density at radius 2 is 1.89 bits per heavy atom. The predicted molar refractivity (Wildman–Crippen MR) is 78.1 cm³/mol. The molecule has 0 saturated heterocycles. The van der Waals surface area contributed by atoms with Gasteiger partial charge < -0.3 is 10.1 Å². The van der Waals surface area contributed by atoms with Crippen LogP contribution in [0.4, 0.5) is 0 Å². The van der Waals surface area contributed by atoms with E-state index in [9.17, 15) is 0 Å². The summed E-state index contributed by atoms with van der Waals surface area (Å²) in [7, 11) is 1.76. The maximum atomic E-state index is 6.31. The minimum absolute atomic E-state index is 0.0424. The average molecular weight is 270 g/mol. The minimum atomic E-state index is 0.0424. The summed E-state index contributed by atoms with van der Waals surface area (Å²) in [6.07, 6.45) is 0.0670. The van der Waals surface area contributed by atoms with Crippen LogP contribution in [0.1, 0.15) is 39.3 Å². The molecular formula is C15H24ClNO. The molecule has 0 spiro atoms. The van der Waals surface area contributed by atoms with Crippen molar-refractivity contribution < 1.29 is 4.74 Å². The summed E-state index contributed by atoms with van der Waals surface area (Å²) in [5.74, 6) is 0. The fourth-order valence-electron chi connectivity index (χ4n) is 2.32. The summed E-state index contributed by atoms with van der Waals surface area (Å²) in [5, 5.41) is 4.27. The zero-order chi connectivity index (χ0) is 13.8. The molecular weight excluding hydrogens is 246 g/mol.